The summed E-state index contributed by atoms with van der Waals surface area (Å²) >= 11 is 0. The molecule has 1 fully saturated rings. The van der Waals surface area contributed by atoms with E-state index >= 15 is 0 Å². The summed E-state index contributed by atoms with van der Waals surface area (Å²) in [6.45, 7) is 6.28. The highest BCUT2D eigenvalue weighted by Gasteiger charge is 2.27. The number of hydrogen-bond donors (Lipinski definition) is 2. The van der Waals surface area contributed by atoms with Crippen LogP contribution >= 0.6 is 0 Å². The highest BCUT2D eigenvalue weighted by molar-refractivity contribution is 5.67. The van der Waals surface area contributed by atoms with Crippen molar-refractivity contribution < 1.29 is 14.6 Å². The number of carbonyl (C=O) groups is 1. The topological polar surface area (TPSA) is 58.6 Å². The van der Waals surface area contributed by atoms with Crippen LogP contribution in [-0.4, -0.2) is 29.4 Å². The van der Waals surface area contributed by atoms with Crippen LogP contribution < -0.4 is 5.32 Å². The molecular formula is C21H33NO3. The van der Waals surface area contributed by atoms with Gasteiger partial charge in [0, 0.05) is 6.54 Å². The first kappa shape index (κ1) is 19.8. The Kier molecular flexibility index (Phi) is 7.30. The molecule has 2 N–H and O–H groups in total. The number of hydrogen-bond acceptors (Lipinski definition) is 3. The molecule has 0 aliphatic heterocycles. The maximum Gasteiger partial charge on any atom is 0.407 e. The molecule has 1 unspecified atom stereocenters. The fraction of sp³-hybridized carbons (Fsp3) is 0.667. The molecule has 4 heteroatoms. The van der Waals surface area contributed by atoms with Crippen LogP contribution in [0.4, 0.5) is 4.79 Å². The number of aryl methyl sites for hydroxylation is 1. The van der Waals surface area contributed by atoms with Gasteiger partial charge in [-0.05, 0) is 76.7 Å². The van der Waals surface area contributed by atoms with Gasteiger partial charge in [-0.3, -0.25) is 0 Å². The predicted molar refractivity (Wildman–Crippen MR) is 100 cm³/mol. The second-order valence-electron chi connectivity index (χ2n) is 8.26. The van der Waals surface area contributed by atoms with Crippen LogP contribution in [0, 0.1) is 11.8 Å². The lowest BCUT2D eigenvalue weighted by Crippen LogP contribution is -2.37. The molecule has 1 amide bonds. The van der Waals surface area contributed by atoms with Crippen molar-refractivity contribution in [1.82, 2.24) is 5.32 Å². The summed E-state index contributed by atoms with van der Waals surface area (Å²) in [7, 11) is 0. The first-order valence-corrected chi connectivity index (χ1v) is 9.52. The van der Waals surface area contributed by atoms with Gasteiger partial charge < -0.3 is 15.2 Å². The van der Waals surface area contributed by atoms with Crippen LogP contribution in [0.3, 0.4) is 0 Å². The van der Waals surface area contributed by atoms with Gasteiger partial charge >= 0.3 is 6.09 Å². The van der Waals surface area contributed by atoms with E-state index in [1.807, 2.05) is 39.0 Å². The predicted octanol–water partition coefficient (Wildman–Crippen LogP) is 4.31. The fourth-order valence-corrected chi connectivity index (χ4v) is 3.51. The number of rotatable bonds is 6. The van der Waals surface area contributed by atoms with Crippen LogP contribution in [0.15, 0.2) is 30.3 Å². The summed E-state index contributed by atoms with van der Waals surface area (Å²) in [5.41, 5.74) is 0.835. The molecule has 1 aliphatic rings. The summed E-state index contributed by atoms with van der Waals surface area (Å²) < 4.78 is 5.27. The molecular weight excluding hydrogens is 314 g/mol. The molecule has 2 rings (SSSR count). The second-order valence-corrected chi connectivity index (χ2v) is 8.26. The standard InChI is InChI=1S/C21H33NO3/c1-21(2,3)25-20(24)22-15-17-9-12-18(13-10-17)19(23)14-11-16-7-5-4-6-8-16/h4-8,17-19,23H,9-15H2,1-3H3,(H,22,24). The van der Waals surface area contributed by atoms with Crippen LogP contribution in [-0.2, 0) is 11.2 Å². The SMILES string of the molecule is CC(C)(C)OC(=O)NCC1CCC(C(O)CCc2ccccc2)CC1. The molecule has 25 heavy (non-hydrogen) atoms. The fourth-order valence-electron chi connectivity index (χ4n) is 3.51. The average Bonchev–Trinajstić information content (AvgIpc) is 2.58. The second kappa shape index (κ2) is 9.23. The minimum atomic E-state index is -0.454. The van der Waals surface area contributed by atoms with Crippen LogP contribution in [0.25, 0.3) is 0 Å². The minimum Gasteiger partial charge on any atom is -0.444 e. The monoisotopic (exact) mass is 347 g/mol. The Morgan fingerprint density at radius 1 is 1.20 bits per heavy atom. The third-order valence-corrected chi connectivity index (χ3v) is 4.94. The molecule has 4 nitrogen and oxygen atoms in total. The summed E-state index contributed by atoms with van der Waals surface area (Å²) in [6.07, 6.45) is 5.40. The van der Waals surface area contributed by atoms with Crippen molar-refractivity contribution in [2.24, 2.45) is 11.8 Å². The van der Waals surface area contributed by atoms with Crippen molar-refractivity contribution in [2.45, 2.75) is 71.0 Å². The third-order valence-electron chi connectivity index (χ3n) is 4.94. The molecule has 0 saturated heterocycles. The molecule has 1 aliphatic carbocycles. The van der Waals surface area contributed by atoms with Gasteiger partial charge in [-0.2, -0.15) is 0 Å². The van der Waals surface area contributed by atoms with Gasteiger partial charge in [0.15, 0.2) is 0 Å². The van der Waals surface area contributed by atoms with Crippen molar-refractivity contribution in [3.05, 3.63) is 35.9 Å². The summed E-state index contributed by atoms with van der Waals surface area (Å²) in [5, 5.41) is 13.4. The molecule has 1 aromatic rings. The Hall–Kier alpha value is -1.55. The highest BCUT2D eigenvalue weighted by Crippen LogP contribution is 2.32. The van der Waals surface area contributed by atoms with E-state index in [4.69, 9.17) is 4.74 Å². The number of alkyl carbamates (subject to hydrolysis) is 1. The maximum atomic E-state index is 11.7. The van der Waals surface area contributed by atoms with E-state index in [2.05, 4.69) is 17.4 Å². The van der Waals surface area contributed by atoms with E-state index in [9.17, 15) is 9.90 Å². The Labute approximate surface area is 152 Å². The van der Waals surface area contributed by atoms with Crippen LogP contribution in [0.2, 0.25) is 0 Å². The molecule has 140 valence electrons. The molecule has 1 saturated carbocycles. The van der Waals surface area contributed by atoms with E-state index in [0.29, 0.717) is 18.4 Å². The zero-order chi connectivity index (χ0) is 18.3. The van der Waals surface area contributed by atoms with Gasteiger partial charge in [0.2, 0.25) is 0 Å². The van der Waals surface area contributed by atoms with E-state index < -0.39 is 5.60 Å². The third kappa shape index (κ3) is 7.47. The number of amides is 1. The molecule has 0 heterocycles. The van der Waals surface area contributed by atoms with E-state index in [1.165, 1.54) is 5.56 Å². The van der Waals surface area contributed by atoms with Crippen molar-refractivity contribution in [2.75, 3.05) is 6.54 Å². The zero-order valence-corrected chi connectivity index (χ0v) is 15.8. The van der Waals surface area contributed by atoms with Crippen LogP contribution in [0.5, 0.6) is 0 Å². The Morgan fingerprint density at radius 3 is 2.44 bits per heavy atom. The average molecular weight is 347 g/mol. The number of benzene rings is 1. The molecule has 1 atom stereocenters. The first-order valence-electron chi connectivity index (χ1n) is 9.52. The van der Waals surface area contributed by atoms with Crippen molar-refractivity contribution in [3.63, 3.8) is 0 Å². The largest absolute Gasteiger partial charge is 0.444 e. The number of carbonyl (C=O) groups excluding carboxylic acids is 1. The summed E-state index contributed by atoms with van der Waals surface area (Å²) in [5.74, 6) is 0.881. The molecule has 0 spiro atoms. The molecule has 1 aromatic carbocycles. The number of nitrogens with one attached hydrogen (secondary N) is 1. The Morgan fingerprint density at radius 2 is 1.84 bits per heavy atom. The normalized spacial score (nSPS) is 22.2. The van der Waals surface area contributed by atoms with Gasteiger partial charge in [-0.25, -0.2) is 4.79 Å². The molecule has 0 radical (unpaired) electrons. The lowest BCUT2D eigenvalue weighted by atomic mass is 9.78. The first-order chi connectivity index (χ1) is 11.8. The Balaban J connectivity index is 1.64. The number of aliphatic hydroxyl groups excluding tert-OH is 1. The van der Waals surface area contributed by atoms with Gasteiger partial charge in [0.25, 0.3) is 0 Å². The van der Waals surface area contributed by atoms with Crippen molar-refractivity contribution >= 4 is 6.09 Å². The number of ether oxygens (including phenoxy) is 1. The van der Waals surface area contributed by atoms with Gasteiger partial charge in [0.1, 0.15) is 5.60 Å². The summed E-state index contributed by atoms with van der Waals surface area (Å²) in [6, 6.07) is 10.3. The zero-order valence-electron chi connectivity index (χ0n) is 15.8. The van der Waals surface area contributed by atoms with Crippen molar-refractivity contribution in [1.29, 1.82) is 0 Å². The smallest absolute Gasteiger partial charge is 0.407 e. The Bertz CT molecular complexity index is 516. The molecule has 0 aromatic heterocycles. The van der Waals surface area contributed by atoms with E-state index in [0.717, 1.165) is 38.5 Å². The number of aliphatic hydroxyl groups is 1. The van der Waals surface area contributed by atoms with Crippen LogP contribution in [0.1, 0.15) is 58.4 Å². The lowest BCUT2D eigenvalue weighted by Gasteiger charge is -2.31. The van der Waals surface area contributed by atoms with E-state index in [-0.39, 0.29) is 12.2 Å². The van der Waals surface area contributed by atoms with Gasteiger partial charge in [-0.15, -0.1) is 0 Å². The molecule has 0 bridgehead atoms. The lowest BCUT2D eigenvalue weighted by molar-refractivity contribution is 0.0483. The van der Waals surface area contributed by atoms with E-state index in [1.54, 1.807) is 0 Å². The maximum absolute atomic E-state index is 11.7. The summed E-state index contributed by atoms with van der Waals surface area (Å²) in [4.78, 5) is 11.7. The van der Waals surface area contributed by atoms with Gasteiger partial charge in [-0.1, -0.05) is 30.3 Å². The van der Waals surface area contributed by atoms with Gasteiger partial charge in [0.05, 0.1) is 6.10 Å². The quantitative estimate of drug-likeness (QED) is 0.806. The minimum absolute atomic E-state index is 0.222. The highest BCUT2D eigenvalue weighted by atomic mass is 16.6. The van der Waals surface area contributed by atoms with Crippen molar-refractivity contribution in [3.8, 4) is 0 Å².